The van der Waals surface area contributed by atoms with E-state index in [1.807, 2.05) is 0 Å². The van der Waals surface area contributed by atoms with Crippen molar-refractivity contribution in [2.24, 2.45) is 0 Å². The molecule has 2 atom stereocenters. The first kappa shape index (κ1) is 11.0. The zero-order chi connectivity index (χ0) is 9.07. The van der Waals surface area contributed by atoms with Crippen molar-refractivity contribution in [1.29, 1.82) is 0 Å². The molecule has 7 nitrogen and oxygen atoms in total. The summed E-state index contributed by atoms with van der Waals surface area (Å²) in [6, 6.07) is 0. The van der Waals surface area contributed by atoms with Crippen LogP contribution in [-0.4, -0.2) is 11.1 Å². The Kier molecular flexibility index (Phi) is 4.13. The Morgan fingerprint density at radius 3 is 1.73 bits per heavy atom. The van der Waals surface area contributed by atoms with Gasteiger partial charge in [-0.3, -0.25) is 0 Å². The monoisotopic (exact) mass is 202 g/mol. The van der Waals surface area contributed by atoms with E-state index in [0.717, 1.165) is 6.92 Å². The fraction of sp³-hybridized carbons (Fsp3) is 1.00. The molecule has 0 fully saturated rings. The van der Waals surface area contributed by atoms with Crippen LogP contribution in [0.2, 0.25) is 0 Å². The van der Waals surface area contributed by atoms with E-state index < -0.39 is 22.5 Å². The third-order valence-corrected chi connectivity index (χ3v) is 1.46. The fourth-order valence-electron chi connectivity index (χ4n) is 0.293. The van der Waals surface area contributed by atoms with Crippen LogP contribution in [0, 0.1) is 0 Å². The smallest absolute Gasteiger partial charge is 0.494 e. The first-order valence-electron chi connectivity index (χ1n) is 2.23. The van der Waals surface area contributed by atoms with Crippen molar-refractivity contribution in [3.63, 3.8) is 0 Å². The maximum Gasteiger partial charge on any atom is 0.494 e. The zero-order valence-electron chi connectivity index (χ0n) is 5.29. The summed E-state index contributed by atoms with van der Waals surface area (Å²) in [6.07, 6.45) is 0. The van der Waals surface area contributed by atoms with Crippen molar-refractivity contribution in [3.8, 4) is 0 Å². The van der Waals surface area contributed by atoms with Crippen molar-refractivity contribution < 1.29 is 33.1 Å². The molecule has 0 radical (unpaired) electrons. The quantitative estimate of drug-likeness (QED) is 0.445. The standard InChI is InChI=1S/C2H4O7P2/c1-2(3,8-10(4)5)9-11(6)7/h3H,1H3. The van der Waals surface area contributed by atoms with Gasteiger partial charge in [0.1, 0.15) is 0 Å². The molecule has 11 heavy (non-hydrogen) atoms. The van der Waals surface area contributed by atoms with Crippen LogP contribution in [0.1, 0.15) is 6.92 Å². The summed E-state index contributed by atoms with van der Waals surface area (Å²) >= 11 is 0. The van der Waals surface area contributed by atoms with Gasteiger partial charge in [-0.2, -0.15) is 0 Å². The zero-order valence-corrected chi connectivity index (χ0v) is 7.08. The summed E-state index contributed by atoms with van der Waals surface area (Å²) in [5.41, 5.74) is 0. The first-order valence-corrected chi connectivity index (χ1v) is 4.42. The molecule has 0 aromatic heterocycles. The van der Waals surface area contributed by atoms with Crippen LogP contribution in [0.3, 0.4) is 0 Å². The second-order valence-electron chi connectivity index (χ2n) is 1.53. The van der Waals surface area contributed by atoms with Crippen molar-refractivity contribution >= 4 is 16.5 Å². The van der Waals surface area contributed by atoms with Crippen LogP contribution in [0.4, 0.5) is 0 Å². The lowest BCUT2D eigenvalue weighted by Crippen LogP contribution is -2.28. The summed E-state index contributed by atoms with van der Waals surface area (Å²) in [5, 5.41) is 8.64. The minimum absolute atomic E-state index is 0.725. The van der Waals surface area contributed by atoms with E-state index in [-0.39, 0.29) is 0 Å². The normalized spacial score (nSPS) is 18.9. The molecule has 0 heterocycles. The van der Waals surface area contributed by atoms with Crippen molar-refractivity contribution in [1.82, 2.24) is 0 Å². The van der Waals surface area contributed by atoms with Gasteiger partial charge in [-0.15, -0.1) is 0 Å². The molecular weight excluding hydrogens is 198 g/mol. The Bertz CT molecular complexity index is 157. The molecule has 0 aliphatic carbocycles. The predicted octanol–water partition coefficient (Wildman–Crippen LogP) is -1.28. The van der Waals surface area contributed by atoms with Gasteiger partial charge in [0.25, 0.3) is 0 Å². The summed E-state index contributed by atoms with van der Waals surface area (Å²) in [6.45, 7) is 0.725. The molecule has 0 saturated heterocycles. The van der Waals surface area contributed by atoms with E-state index in [2.05, 4.69) is 9.05 Å². The fourth-order valence-corrected chi connectivity index (χ4v) is 0.980. The summed E-state index contributed by atoms with van der Waals surface area (Å²) in [7, 11) is -6.72. The highest BCUT2D eigenvalue weighted by Gasteiger charge is 2.37. The molecule has 9 heteroatoms. The summed E-state index contributed by atoms with van der Waals surface area (Å²) in [5.74, 6) is -2.65. The summed E-state index contributed by atoms with van der Waals surface area (Å²) < 4.78 is 26.9. The van der Waals surface area contributed by atoms with E-state index >= 15 is 0 Å². The van der Waals surface area contributed by atoms with Gasteiger partial charge < -0.3 is 14.9 Å². The largest absolute Gasteiger partial charge is 0.566 e. The third kappa shape index (κ3) is 6.40. The SMILES string of the molecule is CC(O)(O[P+](=O)[O-])O[P+](=O)[O-]. The van der Waals surface area contributed by atoms with E-state index in [4.69, 9.17) is 5.11 Å². The van der Waals surface area contributed by atoms with Gasteiger partial charge in [0.05, 0.1) is 0 Å². The van der Waals surface area contributed by atoms with Gasteiger partial charge in [0.2, 0.25) is 0 Å². The highest BCUT2D eigenvalue weighted by atomic mass is 31.1. The number of aliphatic hydroxyl groups is 1. The highest BCUT2D eigenvalue weighted by Crippen LogP contribution is 2.28. The average Bonchev–Trinajstić information content (AvgIpc) is 1.53. The average molecular weight is 202 g/mol. The van der Waals surface area contributed by atoms with Gasteiger partial charge in [0, 0.05) is 6.92 Å². The van der Waals surface area contributed by atoms with Crippen LogP contribution in [0.15, 0.2) is 0 Å². The maximum atomic E-state index is 9.77. The summed E-state index contributed by atoms with van der Waals surface area (Å²) in [4.78, 5) is 19.5. The lowest BCUT2D eigenvalue weighted by Gasteiger charge is -2.09. The van der Waals surface area contributed by atoms with Crippen molar-refractivity contribution in [2.45, 2.75) is 12.9 Å². The minimum Gasteiger partial charge on any atom is -0.566 e. The molecule has 0 spiro atoms. The second kappa shape index (κ2) is 4.13. The van der Waals surface area contributed by atoms with Crippen molar-refractivity contribution in [3.05, 3.63) is 0 Å². The van der Waals surface area contributed by atoms with Crippen LogP contribution < -0.4 is 9.79 Å². The third-order valence-electron chi connectivity index (χ3n) is 0.488. The molecule has 0 amide bonds. The Morgan fingerprint density at radius 2 is 1.55 bits per heavy atom. The second-order valence-corrected chi connectivity index (χ2v) is 2.79. The Labute approximate surface area is 63.5 Å². The van der Waals surface area contributed by atoms with Crippen LogP contribution >= 0.6 is 16.5 Å². The molecule has 0 aromatic carbocycles. The van der Waals surface area contributed by atoms with Gasteiger partial charge in [-0.25, -0.2) is 0 Å². The Balaban J connectivity index is 3.99. The Hall–Kier alpha value is -0.0000000000000000763. The van der Waals surface area contributed by atoms with Crippen LogP contribution in [-0.2, 0) is 18.2 Å². The minimum atomic E-state index is -3.36. The van der Waals surface area contributed by atoms with Gasteiger partial charge in [-0.1, -0.05) is 9.05 Å². The molecule has 0 bridgehead atoms. The molecule has 0 rings (SSSR count). The molecule has 0 aliphatic heterocycles. The van der Waals surface area contributed by atoms with E-state index in [9.17, 15) is 18.9 Å². The van der Waals surface area contributed by atoms with Crippen molar-refractivity contribution in [2.75, 3.05) is 0 Å². The van der Waals surface area contributed by atoms with E-state index in [1.54, 1.807) is 0 Å². The number of rotatable bonds is 4. The maximum absolute atomic E-state index is 9.77. The lowest BCUT2D eigenvalue weighted by atomic mass is 10.7. The molecule has 64 valence electrons. The number of hydrogen-bond acceptors (Lipinski definition) is 7. The van der Waals surface area contributed by atoms with E-state index in [0.29, 0.717) is 0 Å². The predicted molar refractivity (Wildman–Crippen MR) is 28.0 cm³/mol. The van der Waals surface area contributed by atoms with Crippen LogP contribution in [0.5, 0.6) is 0 Å². The Morgan fingerprint density at radius 1 is 1.27 bits per heavy atom. The highest BCUT2D eigenvalue weighted by molar-refractivity contribution is 7.31. The molecule has 0 aromatic rings. The van der Waals surface area contributed by atoms with E-state index in [1.165, 1.54) is 0 Å². The molecule has 1 N–H and O–H groups in total. The molecular formula is C2H4O7P2. The van der Waals surface area contributed by atoms with Gasteiger partial charge in [-0.05, 0) is 9.13 Å². The molecule has 2 unspecified atom stereocenters. The van der Waals surface area contributed by atoms with Crippen LogP contribution in [0.25, 0.3) is 0 Å². The van der Waals surface area contributed by atoms with Gasteiger partial charge in [0.15, 0.2) is 0 Å². The first-order chi connectivity index (χ1) is 4.83. The van der Waals surface area contributed by atoms with Gasteiger partial charge >= 0.3 is 22.5 Å². The number of hydrogen-bond donors (Lipinski definition) is 1. The molecule has 0 saturated carbocycles. The molecule has 0 aliphatic rings. The lowest BCUT2D eigenvalue weighted by molar-refractivity contribution is -0.307. The topological polar surface area (TPSA) is 119 Å².